The van der Waals surface area contributed by atoms with Crippen molar-refractivity contribution in [3.05, 3.63) is 16.4 Å². The molecule has 0 aliphatic carbocycles. The molecule has 2 rings (SSSR count). The minimum absolute atomic E-state index is 0.173. The number of hydrogen-bond donors (Lipinski definition) is 1. The number of alkyl carbamates (subject to hydrolysis) is 1. The highest BCUT2D eigenvalue weighted by atomic mass is 35.5. The van der Waals surface area contributed by atoms with Crippen molar-refractivity contribution in [2.45, 2.75) is 12.2 Å². The zero-order valence-electron chi connectivity index (χ0n) is 8.51. The van der Waals surface area contributed by atoms with Crippen LogP contribution in [0.1, 0.15) is 17.3 Å². The summed E-state index contributed by atoms with van der Waals surface area (Å²) in [6.45, 7) is -0.201. The first-order chi connectivity index (χ1) is 7.80. The van der Waals surface area contributed by atoms with Gasteiger partial charge >= 0.3 is 12.3 Å². The Bertz CT molecular complexity index is 471. The highest BCUT2D eigenvalue weighted by Crippen LogP contribution is 2.38. The molecule has 0 spiro atoms. The fourth-order valence-electron chi connectivity index (χ4n) is 1.58. The Morgan fingerprint density at radius 2 is 2.24 bits per heavy atom. The Hall–Kier alpha value is -1.44. The van der Waals surface area contributed by atoms with Gasteiger partial charge in [-0.25, -0.2) is 4.79 Å². The molecular weight excluding hydrogens is 263 g/mol. The molecule has 2 heterocycles. The molecule has 17 heavy (non-hydrogen) atoms. The van der Waals surface area contributed by atoms with Crippen LogP contribution in [-0.4, -0.2) is 22.5 Å². The molecular formula is C8H7ClF3N3O2. The van der Waals surface area contributed by atoms with E-state index in [1.54, 1.807) is 0 Å². The van der Waals surface area contributed by atoms with Crippen LogP contribution in [-0.2, 0) is 18.0 Å². The Labute approximate surface area is 98.5 Å². The Balaban J connectivity index is 2.48. The monoisotopic (exact) mass is 269 g/mol. The van der Waals surface area contributed by atoms with Gasteiger partial charge in [-0.05, 0) is 0 Å². The van der Waals surface area contributed by atoms with Crippen molar-refractivity contribution < 1.29 is 22.7 Å². The molecule has 0 saturated carbocycles. The van der Waals surface area contributed by atoms with Gasteiger partial charge in [-0.1, -0.05) is 11.6 Å². The summed E-state index contributed by atoms with van der Waals surface area (Å²) < 4.78 is 43.6. The molecule has 1 saturated heterocycles. The molecule has 1 atom stereocenters. The molecule has 1 fully saturated rings. The van der Waals surface area contributed by atoms with E-state index in [1.165, 1.54) is 7.05 Å². The van der Waals surface area contributed by atoms with Gasteiger partial charge in [0.25, 0.3) is 0 Å². The van der Waals surface area contributed by atoms with Gasteiger partial charge < -0.3 is 10.1 Å². The van der Waals surface area contributed by atoms with Gasteiger partial charge in [0.05, 0.1) is 6.04 Å². The van der Waals surface area contributed by atoms with Crippen LogP contribution >= 0.6 is 11.6 Å². The maximum absolute atomic E-state index is 12.7. The van der Waals surface area contributed by atoms with Crippen LogP contribution in [0.3, 0.4) is 0 Å². The molecule has 0 radical (unpaired) electrons. The second kappa shape index (κ2) is 3.80. The number of carbonyl (C=O) groups is 1. The molecule has 0 aromatic carbocycles. The maximum atomic E-state index is 12.7. The van der Waals surface area contributed by atoms with Crippen molar-refractivity contribution in [2.24, 2.45) is 7.05 Å². The molecule has 1 unspecified atom stereocenters. The molecule has 0 bridgehead atoms. The standard InChI is InChI=1S/C8H7ClF3N3O2/c1-15-6(9)4(3-2-17-7(16)13-3)5(14-15)8(10,11)12/h3H,2H2,1H3,(H,13,16). The number of alkyl halides is 3. The number of cyclic esters (lactones) is 1. The number of amides is 1. The molecule has 1 amide bonds. The van der Waals surface area contributed by atoms with E-state index in [0.29, 0.717) is 0 Å². The quantitative estimate of drug-likeness (QED) is 0.847. The summed E-state index contributed by atoms with van der Waals surface area (Å²) in [5.41, 5.74) is -1.38. The SMILES string of the molecule is Cn1nc(C(F)(F)F)c(C2COC(=O)N2)c1Cl. The zero-order chi connectivity index (χ0) is 12.8. The number of nitrogens with one attached hydrogen (secondary N) is 1. The van der Waals surface area contributed by atoms with E-state index in [2.05, 4.69) is 15.2 Å². The van der Waals surface area contributed by atoms with Crippen molar-refractivity contribution >= 4 is 17.7 Å². The average Bonchev–Trinajstić information content (AvgIpc) is 2.72. The molecule has 1 N–H and O–H groups in total. The number of carbonyl (C=O) groups excluding carboxylic acids is 1. The van der Waals surface area contributed by atoms with Crippen LogP contribution in [0.25, 0.3) is 0 Å². The predicted molar refractivity (Wildman–Crippen MR) is 50.4 cm³/mol. The van der Waals surface area contributed by atoms with Gasteiger partial charge in [0, 0.05) is 12.6 Å². The highest BCUT2D eigenvalue weighted by Gasteiger charge is 2.42. The number of ether oxygens (including phenoxy) is 1. The molecule has 1 aliphatic rings. The fourth-order valence-corrected chi connectivity index (χ4v) is 1.84. The van der Waals surface area contributed by atoms with Crippen molar-refractivity contribution in [2.75, 3.05) is 6.61 Å². The summed E-state index contributed by atoms with van der Waals surface area (Å²) in [6, 6.07) is -0.930. The second-order valence-corrected chi connectivity index (χ2v) is 3.83. The van der Waals surface area contributed by atoms with Crippen LogP contribution in [0.4, 0.5) is 18.0 Å². The minimum Gasteiger partial charge on any atom is -0.447 e. The molecule has 5 nitrogen and oxygen atoms in total. The summed E-state index contributed by atoms with van der Waals surface area (Å²) in [4.78, 5) is 10.8. The highest BCUT2D eigenvalue weighted by molar-refractivity contribution is 6.30. The molecule has 94 valence electrons. The van der Waals surface area contributed by atoms with Crippen molar-refractivity contribution in [1.29, 1.82) is 0 Å². The van der Waals surface area contributed by atoms with E-state index in [0.717, 1.165) is 4.68 Å². The van der Waals surface area contributed by atoms with E-state index >= 15 is 0 Å². The van der Waals surface area contributed by atoms with Gasteiger partial charge in [0.1, 0.15) is 11.8 Å². The lowest BCUT2D eigenvalue weighted by atomic mass is 10.1. The summed E-state index contributed by atoms with van der Waals surface area (Å²) in [7, 11) is 1.29. The van der Waals surface area contributed by atoms with Crippen LogP contribution in [0.15, 0.2) is 0 Å². The summed E-state index contributed by atoms with van der Waals surface area (Å²) in [5.74, 6) is 0. The summed E-state index contributed by atoms with van der Waals surface area (Å²) in [5, 5.41) is 5.37. The fraction of sp³-hybridized carbons (Fsp3) is 0.500. The van der Waals surface area contributed by atoms with Crippen LogP contribution in [0.5, 0.6) is 0 Å². The third-order valence-electron chi connectivity index (χ3n) is 2.30. The van der Waals surface area contributed by atoms with Crippen LogP contribution in [0, 0.1) is 0 Å². The molecule has 1 aliphatic heterocycles. The van der Waals surface area contributed by atoms with Crippen molar-refractivity contribution in [3.63, 3.8) is 0 Å². The number of nitrogens with zero attached hydrogens (tertiary/aromatic N) is 2. The van der Waals surface area contributed by atoms with Gasteiger partial charge in [-0.15, -0.1) is 0 Å². The third kappa shape index (κ3) is 2.04. The largest absolute Gasteiger partial charge is 0.447 e. The van der Waals surface area contributed by atoms with Crippen LogP contribution < -0.4 is 5.32 Å². The normalized spacial score (nSPS) is 20.3. The number of aromatic nitrogens is 2. The Kier molecular flexibility index (Phi) is 2.69. The van der Waals surface area contributed by atoms with Crippen molar-refractivity contribution in [1.82, 2.24) is 15.1 Å². The average molecular weight is 270 g/mol. The van der Waals surface area contributed by atoms with E-state index in [4.69, 9.17) is 11.6 Å². The lowest BCUT2D eigenvalue weighted by molar-refractivity contribution is -0.142. The van der Waals surface area contributed by atoms with Crippen LogP contribution in [0.2, 0.25) is 5.15 Å². The topological polar surface area (TPSA) is 56.2 Å². The lowest BCUT2D eigenvalue weighted by Crippen LogP contribution is -2.21. The second-order valence-electron chi connectivity index (χ2n) is 3.47. The van der Waals surface area contributed by atoms with E-state index in [-0.39, 0.29) is 17.3 Å². The van der Waals surface area contributed by atoms with E-state index < -0.39 is 24.0 Å². The minimum atomic E-state index is -4.63. The van der Waals surface area contributed by atoms with Gasteiger partial charge in [0.2, 0.25) is 0 Å². The third-order valence-corrected chi connectivity index (χ3v) is 2.75. The number of halogens is 4. The molecule has 1 aromatic rings. The smallest absolute Gasteiger partial charge is 0.435 e. The van der Waals surface area contributed by atoms with Crippen molar-refractivity contribution in [3.8, 4) is 0 Å². The Morgan fingerprint density at radius 1 is 1.59 bits per heavy atom. The first kappa shape index (κ1) is 12.0. The molecule has 1 aromatic heterocycles. The first-order valence-electron chi connectivity index (χ1n) is 4.53. The lowest BCUT2D eigenvalue weighted by Gasteiger charge is -2.10. The zero-order valence-corrected chi connectivity index (χ0v) is 9.26. The molecule has 9 heteroatoms. The van der Waals surface area contributed by atoms with Gasteiger partial charge in [-0.3, -0.25) is 4.68 Å². The maximum Gasteiger partial charge on any atom is 0.435 e. The predicted octanol–water partition coefficient (Wildman–Crippen LogP) is 1.87. The van der Waals surface area contributed by atoms with Gasteiger partial charge in [0.15, 0.2) is 5.69 Å². The first-order valence-corrected chi connectivity index (χ1v) is 4.91. The van der Waals surface area contributed by atoms with Gasteiger partial charge in [-0.2, -0.15) is 18.3 Å². The van der Waals surface area contributed by atoms with E-state index in [9.17, 15) is 18.0 Å². The number of hydrogen-bond acceptors (Lipinski definition) is 3. The summed E-state index contributed by atoms with van der Waals surface area (Å²) in [6.07, 6.45) is -5.41. The number of rotatable bonds is 1. The summed E-state index contributed by atoms with van der Waals surface area (Å²) >= 11 is 5.74. The van der Waals surface area contributed by atoms with E-state index in [1.807, 2.05) is 0 Å². The number of aryl methyl sites for hydroxylation is 1. The Morgan fingerprint density at radius 3 is 2.71 bits per heavy atom.